The summed E-state index contributed by atoms with van der Waals surface area (Å²) >= 11 is 0. The zero-order valence-corrected chi connectivity index (χ0v) is 17.8. The normalized spacial score (nSPS) is 15.4. The molecule has 1 saturated heterocycles. The highest BCUT2D eigenvalue weighted by Crippen LogP contribution is 2.23. The SMILES string of the molecule is CC(C)(N)c1cn(C2CCN(C(=O)/C=C/c3ccccc3)CC2)nn1.O=C(O)C(F)(F)F. The van der Waals surface area contributed by atoms with Gasteiger partial charge in [0.1, 0.15) is 5.69 Å². The highest BCUT2D eigenvalue weighted by atomic mass is 19.4. The third-order valence-corrected chi connectivity index (χ3v) is 4.78. The van der Waals surface area contributed by atoms with Crippen molar-refractivity contribution in [1.82, 2.24) is 19.9 Å². The van der Waals surface area contributed by atoms with Gasteiger partial charge in [0.05, 0.1) is 17.8 Å². The van der Waals surface area contributed by atoms with E-state index in [1.54, 1.807) is 6.08 Å². The number of aromatic nitrogens is 3. The van der Waals surface area contributed by atoms with Crippen molar-refractivity contribution in [2.45, 2.75) is 44.4 Å². The smallest absolute Gasteiger partial charge is 0.475 e. The number of carbonyl (C=O) groups excluding carboxylic acids is 1. The van der Waals surface area contributed by atoms with E-state index < -0.39 is 17.7 Å². The van der Waals surface area contributed by atoms with Gasteiger partial charge >= 0.3 is 12.1 Å². The Morgan fingerprint density at radius 3 is 2.19 bits per heavy atom. The summed E-state index contributed by atoms with van der Waals surface area (Å²) in [7, 11) is 0. The lowest BCUT2D eigenvalue weighted by Gasteiger charge is -2.31. The summed E-state index contributed by atoms with van der Waals surface area (Å²) in [5.41, 5.74) is 7.40. The molecule has 0 aliphatic carbocycles. The van der Waals surface area contributed by atoms with Gasteiger partial charge in [0, 0.05) is 19.2 Å². The Kier molecular flexibility index (Phi) is 8.14. The molecule has 1 fully saturated rings. The van der Waals surface area contributed by atoms with Crippen molar-refractivity contribution in [2.24, 2.45) is 5.73 Å². The Balaban J connectivity index is 0.000000451. The quantitative estimate of drug-likeness (QED) is 0.688. The summed E-state index contributed by atoms with van der Waals surface area (Å²) in [6.45, 7) is 5.29. The van der Waals surface area contributed by atoms with Gasteiger partial charge in [-0.1, -0.05) is 35.5 Å². The predicted octanol–water partition coefficient (Wildman–Crippen LogP) is 2.98. The summed E-state index contributed by atoms with van der Waals surface area (Å²) in [4.78, 5) is 23.1. The molecule has 11 heteroatoms. The van der Waals surface area contributed by atoms with Gasteiger partial charge in [0.2, 0.25) is 5.91 Å². The molecule has 0 saturated carbocycles. The van der Waals surface area contributed by atoms with E-state index in [0.29, 0.717) is 0 Å². The third kappa shape index (κ3) is 7.49. The number of nitrogens with two attached hydrogens (primary N) is 1. The van der Waals surface area contributed by atoms with Crippen molar-refractivity contribution in [1.29, 1.82) is 0 Å². The number of hydrogen-bond donors (Lipinski definition) is 2. The second kappa shape index (κ2) is 10.4. The number of rotatable bonds is 4. The molecule has 0 radical (unpaired) electrons. The number of carboxylic acid groups (broad SMARTS) is 1. The van der Waals surface area contributed by atoms with Crippen LogP contribution in [0.4, 0.5) is 13.2 Å². The maximum absolute atomic E-state index is 12.3. The van der Waals surface area contributed by atoms with Crippen molar-refractivity contribution < 1.29 is 27.9 Å². The van der Waals surface area contributed by atoms with Gasteiger partial charge in [-0.15, -0.1) is 5.10 Å². The van der Waals surface area contributed by atoms with Gasteiger partial charge in [-0.3, -0.25) is 4.79 Å². The van der Waals surface area contributed by atoms with Crippen LogP contribution < -0.4 is 5.73 Å². The average Bonchev–Trinajstić information content (AvgIpc) is 3.23. The number of alkyl halides is 3. The molecular formula is C21H26F3N5O3. The molecule has 174 valence electrons. The number of aliphatic carboxylic acids is 1. The van der Waals surface area contributed by atoms with Gasteiger partial charge < -0.3 is 15.7 Å². The molecular weight excluding hydrogens is 427 g/mol. The van der Waals surface area contributed by atoms with E-state index in [2.05, 4.69) is 10.3 Å². The van der Waals surface area contributed by atoms with E-state index in [9.17, 15) is 18.0 Å². The van der Waals surface area contributed by atoms with Gasteiger partial charge in [0.25, 0.3) is 0 Å². The summed E-state index contributed by atoms with van der Waals surface area (Å²) in [6.07, 6.45) is 2.11. The average molecular weight is 453 g/mol. The highest BCUT2D eigenvalue weighted by molar-refractivity contribution is 5.91. The van der Waals surface area contributed by atoms with E-state index in [1.807, 2.05) is 66.0 Å². The number of carboxylic acids is 1. The van der Waals surface area contributed by atoms with Crippen LogP contribution in [0.25, 0.3) is 6.08 Å². The first-order chi connectivity index (χ1) is 14.9. The van der Waals surface area contributed by atoms with Crippen LogP contribution in [-0.2, 0) is 15.1 Å². The fraction of sp³-hybridized carbons (Fsp3) is 0.429. The van der Waals surface area contributed by atoms with Gasteiger partial charge in [-0.25, -0.2) is 9.48 Å². The summed E-state index contributed by atoms with van der Waals surface area (Å²) in [5, 5.41) is 15.5. The van der Waals surface area contributed by atoms with Crippen molar-refractivity contribution >= 4 is 18.0 Å². The first kappa shape index (κ1) is 25.1. The maximum atomic E-state index is 12.3. The second-order valence-corrected chi connectivity index (χ2v) is 7.91. The number of piperidine rings is 1. The topological polar surface area (TPSA) is 114 Å². The molecule has 0 atom stereocenters. The van der Waals surface area contributed by atoms with Crippen molar-refractivity contribution in [3.05, 3.63) is 53.9 Å². The van der Waals surface area contributed by atoms with Crippen LogP contribution >= 0.6 is 0 Å². The molecule has 1 aliphatic heterocycles. The van der Waals surface area contributed by atoms with Crippen molar-refractivity contribution in [2.75, 3.05) is 13.1 Å². The summed E-state index contributed by atoms with van der Waals surface area (Å²) in [6, 6.07) is 10.1. The van der Waals surface area contributed by atoms with Crippen molar-refractivity contribution in [3.8, 4) is 0 Å². The number of nitrogens with zero attached hydrogens (tertiary/aromatic N) is 4. The summed E-state index contributed by atoms with van der Waals surface area (Å²) < 4.78 is 33.6. The number of carbonyl (C=O) groups is 2. The number of likely N-dealkylation sites (tertiary alicyclic amines) is 1. The molecule has 1 aliphatic rings. The van der Waals surface area contributed by atoms with Gasteiger partial charge in [-0.05, 0) is 38.3 Å². The molecule has 0 bridgehead atoms. The van der Waals surface area contributed by atoms with E-state index >= 15 is 0 Å². The van der Waals surface area contributed by atoms with Crippen LogP contribution in [0, 0.1) is 0 Å². The standard InChI is InChI=1S/C19H25N5O.C2HF3O2/c1-19(2,20)17-14-24(22-21-17)16-10-12-23(13-11-16)18(25)9-8-15-6-4-3-5-7-15;3-2(4,5)1(6)7/h3-9,14,16H,10-13,20H2,1-2H3;(H,6,7)/b9-8+;. The number of benzene rings is 1. The highest BCUT2D eigenvalue weighted by Gasteiger charge is 2.38. The molecule has 32 heavy (non-hydrogen) atoms. The Bertz CT molecular complexity index is 928. The van der Waals surface area contributed by atoms with Crippen LogP contribution in [0.5, 0.6) is 0 Å². The van der Waals surface area contributed by atoms with Gasteiger partial charge in [0.15, 0.2) is 0 Å². The summed E-state index contributed by atoms with van der Waals surface area (Å²) in [5.74, 6) is -2.70. The molecule has 1 aromatic carbocycles. The monoisotopic (exact) mass is 453 g/mol. The van der Waals surface area contributed by atoms with Crippen LogP contribution in [0.1, 0.15) is 44.0 Å². The van der Waals surface area contributed by atoms with E-state index in [-0.39, 0.29) is 11.9 Å². The lowest BCUT2D eigenvalue weighted by Crippen LogP contribution is -2.38. The number of amides is 1. The minimum absolute atomic E-state index is 0.0599. The predicted molar refractivity (Wildman–Crippen MR) is 111 cm³/mol. The fourth-order valence-electron chi connectivity index (χ4n) is 2.94. The maximum Gasteiger partial charge on any atom is 0.490 e. The molecule has 2 heterocycles. The molecule has 0 unspecified atom stereocenters. The Hall–Kier alpha value is -3.21. The molecule has 3 rings (SSSR count). The molecule has 1 aromatic heterocycles. The first-order valence-electron chi connectivity index (χ1n) is 9.91. The zero-order chi connectivity index (χ0) is 23.9. The van der Waals surface area contributed by atoms with E-state index in [4.69, 9.17) is 15.6 Å². The lowest BCUT2D eigenvalue weighted by atomic mass is 10.0. The Morgan fingerprint density at radius 1 is 1.16 bits per heavy atom. The second-order valence-electron chi connectivity index (χ2n) is 7.91. The first-order valence-corrected chi connectivity index (χ1v) is 9.91. The third-order valence-electron chi connectivity index (χ3n) is 4.78. The van der Waals surface area contributed by atoms with Crippen LogP contribution in [0.3, 0.4) is 0 Å². The van der Waals surface area contributed by atoms with E-state index in [0.717, 1.165) is 37.2 Å². The molecule has 2 aromatic rings. The molecule has 3 N–H and O–H groups in total. The molecule has 0 spiro atoms. The number of hydrogen-bond acceptors (Lipinski definition) is 5. The van der Waals surface area contributed by atoms with Crippen molar-refractivity contribution in [3.63, 3.8) is 0 Å². The van der Waals surface area contributed by atoms with Crippen LogP contribution in [0.2, 0.25) is 0 Å². The van der Waals surface area contributed by atoms with Gasteiger partial charge in [-0.2, -0.15) is 13.2 Å². The molecule has 1 amide bonds. The van der Waals surface area contributed by atoms with Crippen LogP contribution in [-0.4, -0.2) is 56.1 Å². The zero-order valence-electron chi connectivity index (χ0n) is 17.8. The Labute approximate surface area is 183 Å². The minimum atomic E-state index is -5.08. The lowest BCUT2D eigenvalue weighted by molar-refractivity contribution is -0.192. The Morgan fingerprint density at radius 2 is 1.72 bits per heavy atom. The largest absolute Gasteiger partial charge is 0.490 e. The van der Waals surface area contributed by atoms with E-state index in [1.165, 1.54) is 0 Å². The fourth-order valence-corrected chi connectivity index (χ4v) is 2.94. The minimum Gasteiger partial charge on any atom is -0.475 e. The van der Waals surface area contributed by atoms with Crippen LogP contribution in [0.15, 0.2) is 42.6 Å². The molecule has 8 nitrogen and oxygen atoms in total. The number of halogens is 3.